The van der Waals surface area contributed by atoms with Crippen molar-refractivity contribution >= 4 is 5.52 Å². The van der Waals surface area contributed by atoms with E-state index >= 15 is 0 Å². The van der Waals surface area contributed by atoms with Gasteiger partial charge in [-0.3, -0.25) is 0 Å². The summed E-state index contributed by atoms with van der Waals surface area (Å²) in [6.45, 7) is 0. The highest BCUT2D eigenvalue weighted by molar-refractivity contribution is 5.47. The zero-order valence-corrected chi connectivity index (χ0v) is 5.29. The molecule has 0 aliphatic carbocycles. The van der Waals surface area contributed by atoms with Crippen molar-refractivity contribution in [1.82, 2.24) is 4.40 Å². The van der Waals surface area contributed by atoms with E-state index in [1.54, 1.807) is 4.40 Å². The molecule has 0 fully saturated rings. The Morgan fingerprint density at radius 1 is 1.30 bits per heavy atom. The molecule has 1 nitrogen and oxygen atoms in total. The number of hydrogen-bond acceptors (Lipinski definition) is 0. The molecule has 0 amide bonds. The summed E-state index contributed by atoms with van der Waals surface area (Å²) in [4.78, 5) is 0. The first-order valence-electron chi connectivity index (χ1n) is 3.08. The SMILES string of the molecule is Fc1cc2ccccn2c1. The Kier molecular flexibility index (Phi) is 1.01. The van der Waals surface area contributed by atoms with Crippen molar-refractivity contribution in [3.05, 3.63) is 42.5 Å². The Morgan fingerprint density at radius 3 is 3.00 bits per heavy atom. The van der Waals surface area contributed by atoms with Gasteiger partial charge in [-0.1, -0.05) is 6.07 Å². The van der Waals surface area contributed by atoms with Crippen LogP contribution in [0.15, 0.2) is 36.7 Å². The molecule has 2 rings (SSSR count). The van der Waals surface area contributed by atoms with Crippen LogP contribution in [0.2, 0.25) is 0 Å². The number of aromatic nitrogens is 1. The van der Waals surface area contributed by atoms with Crippen LogP contribution < -0.4 is 0 Å². The lowest BCUT2D eigenvalue weighted by atomic mass is 10.4. The van der Waals surface area contributed by atoms with Crippen LogP contribution in [0.1, 0.15) is 0 Å². The minimum atomic E-state index is -0.189. The second kappa shape index (κ2) is 1.84. The van der Waals surface area contributed by atoms with E-state index in [0.29, 0.717) is 0 Å². The molecule has 0 aliphatic heterocycles. The van der Waals surface area contributed by atoms with Gasteiger partial charge in [0.1, 0.15) is 5.82 Å². The molecule has 2 heterocycles. The molecule has 0 unspecified atom stereocenters. The summed E-state index contributed by atoms with van der Waals surface area (Å²) in [6, 6.07) is 7.12. The summed E-state index contributed by atoms with van der Waals surface area (Å²) >= 11 is 0. The lowest BCUT2D eigenvalue weighted by Crippen LogP contribution is -1.76. The van der Waals surface area contributed by atoms with Gasteiger partial charge in [0.2, 0.25) is 0 Å². The Labute approximate surface area is 57.7 Å². The Bertz CT molecular complexity index is 318. The molecule has 2 aromatic heterocycles. The molecule has 0 bridgehead atoms. The van der Waals surface area contributed by atoms with Crippen molar-refractivity contribution in [2.45, 2.75) is 0 Å². The van der Waals surface area contributed by atoms with Crippen LogP contribution in [0, 0.1) is 5.82 Å². The van der Waals surface area contributed by atoms with Gasteiger partial charge in [-0.25, -0.2) is 4.39 Å². The molecular formula is C8H6FN. The zero-order valence-electron chi connectivity index (χ0n) is 5.29. The maximum absolute atomic E-state index is 12.5. The Morgan fingerprint density at radius 2 is 2.20 bits per heavy atom. The van der Waals surface area contributed by atoms with Crippen molar-refractivity contribution < 1.29 is 4.39 Å². The number of halogens is 1. The molecule has 0 aliphatic rings. The van der Waals surface area contributed by atoms with E-state index in [9.17, 15) is 4.39 Å². The van der Waals surface area contributed by atoms with Crippen LogP contribution in [-0.4, -0.2) is 4.40 Å². The predicted molar refractivity (Wildman–Crippen MR) is 37.4 cm³/mol. The van der Waals surface area contributed by atoms with Crippen LogP contribution in [0.3, 0.4) is 0 Å². The van der Waals surface area contributed by atoms with Gasteiger partial charge < -0.3 is 4.40 Å². The fraction of sp³-hybridized carbons (Fsp3) is 0. The summed E-state index contributed by atoms with van der Waals surface area (Å²) in [5.74, 6) is -0.189. The van der Waals surface area contributed by atoms with Gasteiger partial charge in [-0.05, 0) is 18.2 Å². The standard InChI is InChI=1S/C8H6FN/c9-7-5-8-3-1-2-4-10(8)6-7/h1-6H. The number of nitrogens with zero attached hydrogens (tertiary/aromatic N) is 1. The highest BCUT2D eigenvalue weighted by Gasteiger charge is 1.93. The second-order valence-electron chi connectivity index (χ2n) is 2.19. The van der Waals surface area contributed by atoms with E-state index < -0.39 is 0 Å². The first kappa shape index (κ1) is 5.47. The summed E-state index contributed by atoms with van der Waals surface area (Å²) in [5.41, 5.74) is 0.889. The van der Waals surface area contributed by atoms with Gasteiger partial charge in [-0.15, -0.1) is 0 Å². The summed E-state index contributed by atoms with van der Waals surface area (Å²) in [7, 11) is 0. The van der Waals surface area contributed by atoms with Crippen LogP contribution >= 0.6 is 0 Å². The molecule has 2 aromatic rings. The third kappa shape index (κ3) is 0.692. The fourth-order valence-electron chi connectivity index (χ4n) is 1.02. The van der Waals surface area contributed by atoms with Crippen LogP contribution in [0.25, 0.3) is 5.52 Å². The van der Waals surface area contributed by atoms with E-state index in [0.717, 1.165) is 5.52 Å². The number of hydrogen-bond donors (Lipinski definition) is 0. The maximum atomic E-state index is 12.5. The third-order valence-electron chi connectivity index (χ3n) is 1.47. The first-order chi connectivity index (χ1) is 4.86. The molecule has 0 aromatic carbocycles. The highest BCUT2D eigenvalue weighted by atomic mass is 19.1. The maximum Gasteiger partial charge on any atom is 0.141 e. The monoisotopic (exact) mass is 135 g/mol. The van der Waals surface area contributed by atoms with Crippen LogP contribution in [-0.2, 0) is 0 Å². The molecule has 0 radical (unpaired) electrons. The quantitative estimate of drug-likeness (QED) is 0.521. The van der Waals surface area contributed by atoms with Gasteiger partial charge in [-0.2, -0.15) is 0 Å². The van der Waals surface area contributed by atoms with Crippen molar-refractivity contribution in [2.24, 2.45) is 0 Å². The average Bonchev–Trinajstić information content (AvgIpc) is 2.27. The van der Waals surface area contributed by atoms with Gasteiger partial charge in [0.15, 0.2) is 0 Å². The van der Waals surface area contributed by atoms with E-state index in [4.69, 9.17) is 0 Å². The van der Waals surface area contributed by atoms with Crippen molar-refractivity contribution in [2.75, 3.05) is 0 Å². The molecule has 10 heavy (non-hydrogen) atoms. The van der Waals surface area contributed by atoms with Gasteiger partial charge >= 0.3 is 0 Å². The Balaban J connectivity index is 2.88. The van der Waals surface area contributed by atoms with E-state index in [1.807, 2.05) is 24.4 Å². The largest absolute Gasteiger partial charge is 0.321 e. The van der Waals surface area contributed by atoms with Gasteiger partial charge in [0.25, 0.3) is 0 Å². The molecule has 0 spiro atoms. The number of fused-ring (bicyclic) bond motifs is 1. The molecule has 2 heteroatoms. The van der Waals surface area contributed by atoms with Crippen LogP contribution in [0.4, 0.5) is 4.39 Å². The predicted octanol–water partition coefficient (Wildman–Crippen LogP) is 2.08. The molecule has 0 saturated carbocycles. The topological polar surface area (TPSA) is 4.41 Å². The second-order valence-corrected chi connectivity index (χ2v) is 2.19. The molecule has 0 N–H and O–H groups in total. The lowest BCUT2D eigenvalue weighted by molar-refractivity contribution is 0.628. The lowest BCUT2D eigenvalue weighted by Gasteiger charge is -1.88. The minimum Gasteiger partial charge on any atom is -0.321 e. The normalized spacial score (nSPS) is 10.5. The zero-order chi connectivity index (χ0) is 6.97. The van der Waals surface area contributed by atoms with E-state index in [2.05, 4.69) is 0 Å². The van der Waals surface area contributed by atoms with Crippen LogP contribution in [0.5, 0.6) is 0 Å². The smallest absolute Gasteiger partial charge is 0.141 e. The fourth-order valence-corrected chi connectivity index (χ4v) is 1.02. The molecule has 0 atom stereocenters. The first-order valence-corrected chi connectivity index (χ1v) is 3.08. The average molecular weight is 135 g/mol. The van der Waals surface area contributed by atoms with Gasteiger partial charge in [0.05, 0.1) is 0 Å². The minimum absolute atomic E-state index is 0.189. The summed E-state index contributed by atoms with van der Waals surface area (Å²) in [6.07, 6.45) is 3.27. The van der Waals surface area contributed by atoms with Gasteiger partial charge in [0, 0.05) is 17.9 Å². The molecular weight excluding hydrogens is 129 g/mol. The van der Waals surface area contributed by atoms with Crippen molar-refractivity contribution in [1.29, 1.82) is 0 Å². The number of pyridine rings is 1. The summed E-state index contributed by atoms with van der Waals surface area (Å²) in [5, 5.41) is 0. The Hall–Kier alpha value is -1.31. The van der Waals surface area contributed by atoms with Crippen molar-refractivity contribution in [3.63, 3.8) is 0 Å². The van der Waals surface area contributed by atoms with E-state index in [-0.39, 0.29) is 5.82 Å². The van der Waals surface area contributed by atoms with Crippen molar-refractivity contribution in [3.8, 4) is 0 Å². The molecule has 0 saturated heterocycles. The highest BCUT2D eigenvalue weighted by Crippen LogP contribution is 2.06. The summed E-state index contributed by atoms with van der Waals surface area (Å²) < 4.78 is 14.2. The number of rotatable bonds is 0. The third-order valence-corrected chi connectivity index (χ3v) is 1.47. The van der Waals surface area contributed by atoms with E-state index in [1.165, 1.54) is 12.3 Å². The molecule has 50 valence electrons.